The molecular formula is C11H19NO3S. The normalized spacial score (nSPS) is 28.0. The number of carbonyl (C=O) groups excluding carboxylic acids is 1. The van der Waals surface area contributed by atoms with E-state index in [1.807, 2.05) is 20.8 Å². The monoisotopic (exact) mass is 245 g/mol. The summed E-state index contributed by atoms with van der Waals surface area (Å²) < 4.78 is 5.39. The molecule has 2 saturated heterocycles. The predicted molar refractivity (Wildman–Crippen MR) is 63.6 cm³/mol. The number of likely N-dealkylation sites (tertiary alicyclic amines) is 1. The van der Waals surface area contributed by atoms with Gasteiger partial charge in [-0.25, -0.2) is 4.79 Å². The van der Waals surface area contributed by atoms with Gasteiger partial charge in [0.05, 0.1) is 10.9 Å². The Balaban J connectivity index is 1.82. The number of nitrogens with zero attached hydrogens (tertiary/aromatic N) is 1. The Kier molecular flexibility index (Phi) is 2.87. The number of rotatable bonds is 0. The van der Waals surface area contributed by atoms with Crippen molar-refractivity contribution in [3.63, 3.8) is 0 Å². The smallest absolute Gasteiger partial charge is 0.410 e. The van der Waals surface area contributed by atoms with E-state index >= 15 is 0 Å². The first-order chi connectivity index (χ1) is 7.30. The van der Waals surface area contributed by atoms with Crippen LogP contribution < -0.4 is 0 Å². The molecule has 0 unspecified atom stereocenters. The van der Waals surface area contributed by atoms with Crippen molar-refractivity contribution < 1.29 is 14.6 Å². The van der Waals surface area contributed by atoms with Gasteiger partial charge in [-0.05, 0) is 27.2 Å². The molecule has 1 atom stereocenters. The third-order valence-corrected chi connectivity index (χ3v) is 4.39. The largest absolute Gasteiger partial charge is 0.444 e. The van der Waals surface area contributed by atoms with Crippen molar-refractivity contribution in [2.75, 3.05) is 18.8 Å². The Labute approximate surface area is 100 Å². The molecule has 2 rings (SSSR count). The molecule has 16 heavy (non-hydrogen) atoms. The highest BCUT2D eigenvalue weighted by Gasteiger charge is 2.51. The topological polar surface area (TPSA) is 49.8 Å². The molecule has 1 N–H and O–H groups in total. The van der Waals surface area contributed by atoms with Crippen LogP contribution in [-0.2, 0) is 4.74 Å². The lowest BCUT2D eigenvalue weighted by molar-refractivity contribution is 0.00114. The van der Waals surface area contributed by atoms with Crippen molar-refractivity contribution in [3.8, 4) is 0 Å². The van der Waals surface area contributed by atoms with Crippen LogP contribution >= 0.6 is 11.8 Å². The van der Waals surface area contributed by atoms with E-state index in [9.17, 15) is 9.90 Å². The molecule has 4 nitrogen and oxygen atoms in total. The first-order valence-electron chi connectivity index (χ1n) is 5.60. The Morgan fingerprint density at radius 1 is 1.50 bits per heavy atom. The van der Waals surface area contributed by atoms with Gasteiger partial charge in [0.2, 0.25) is 0 Å². The first-order valence-corrected chi connectivity index (χ1v) is 6.58. The van der Waals surface area contributed by atoms with Crippen molar-refractivity contribution in [2.24, 2.45) is 0 Å². The quantitative estimate of drug-likeness (QED) is 0.702. The van der Waals surface area contributed by atoms with Crippen molar-refractivity contribution in [1.29, 1.82) is 0 Å². The third kappa shape index (κ3) is 2.46. The molecule has 1 amide bonds. The van der Waals surface area contributed by atoms with Crippen molar-refractivity contribution in [3.05, 3.63) is 0 Å². The lowest BCUT2D eigenvalue weighted by atomic mass is 9.93. The molecule has 2 heterocycles. The van der Waals surface area contributed by atoms with Gasteiger partial charge in [-0.1, -0.05) is 0 Å². The summed E-state index contributed by atoms with van der Waals surface area (Å²) in [5, 5.41) is 9.49. The van der Waals surface area contributed by atoms with E-state index in [1.165, 1.54) is 0 Å². The standard InChI is InChI=1S/C11H19NO3S/c1-10(2,3)15-9(14)12-6-11(7-12)4-8(13)5-16-11/h8,13H,4-7H2,1-3H3/t8-/m0/s1. The maximum absolute atomic E-state index is 11.7. The number of amides is 1. The summed E-state index contributed by atoms with van der Waals surface area (Å²) in [4.78, 5) is 13.4. The van der Waals surface area contributed by atoms with E-state index in [0.29, 0.717) is 13.1 Å². The molecule has 92 valence electrons. The van der Waals surface area contributed by atoms with Crippen LogP contribution in [0.2, 0.25) is 0 Å². The first kappa shape index (κ1) is 12.0. The van der Waals surface area contributed by atoms with Gasteiger partial charge in [0.1, 0.15) is 5.60 Å². The molecular weight excluding hydrogens is 226 g/mol. The average Bonchev–Trinajstić information content (AvgIpc) is 2.41. The molecule has 5 heteroatoms. The van der Waals surface area contributed by atoms with E-state index in [1.54, 1.807) is 16.7 Å². The van der Waals surface area contributed by atoms with Crippen LogP contribution in [0.3, 0.4) is 0 Å². The average molecular weight is 245 g/mol. The second-order valence-electron chi connectivity index (χ2n) is 5.69. The fraction of sp³-hybridized carbons (Fsp3) is 0.909. The van der Waals surface area contributed by atoms with Crippen LogP contribution in [0.4, 0.5) is 4.79 Å². The molecule has 0 aromatic rings. The Morgan fingerprint density at radius 2 is 2.12 bits per heavy atom. The Morgan fingerprint density at radius 3 is 2.56 bits per heavy atom. The van der Waals surface area contributed by atoms with Gasteiger partial charge in [0.15, 0.2) is 0 Å². The third-order valence-electron chi connectivity index (χ3n) is 2.80. The highest BCUT2D eigenvalue weighted by atomic mass is 32.2. The molecule has 0 radical (unpaired) electrons. The Bertz CT molecular complexity index is 294. The van der Waals surface area contributed by atoms with E-state index in [0.717, 1.165) is 12.2 Å². The van der Waals surface area contributed by atoms with Gasteiger partial charge >= 0.3 is 6.09 Å². The van der Waals surface area contributed by atoms with Gasteiger partial charge in [-0.3, -0.25) is 0 Å². The van der Waals surface area contributed by atoms with E-state index in [2.05, 4.69) is 0 Å². The highest BCUT2D eigenvalue weighted by molar-refractivity contribution is 8.01. The summed E-state index contributed by atoms with van der Waals surface area (Å²) in [7, 11) is 0. The number of carbonyl (C=O) groups is 1. The number of hydrogen-bond acceptors (Lipinski definition) is 4. The fourth-order valence-electron chi connectivity index (χ4n) is 2.15. The molecule has 0 aliphatic carbocycles. The predicted octanol–water partition coefficient (Wildman–Crippen LogP) is 1.47. The van der Waals surface area contributed by atoms with Crippen molar-refractivity contribution in [2.45, 2.75) is 43.6 Å². The van der Waals surface area contributed by atoms with Gasteiger partial charge in [-0.15, -0.1) is 11.8 Å². The van der Waals surface area contributed by atoms with Crippen molar-refractivity contribution >= 4 is 17.9 Å². The molecule has 2 aliphatic rings. The van der Waals surface area contributed by atoms with Gasteiger partial charge in [0, 0.05) is 18.8 Å². The molecule has 0 saturated carbocycles. The summed E-state index contributed by atoms with van der Waals surface area (Å²) in [6, 6.07) is 0. The molecule has 1 spiro atoms. The SMILES string of the molecule is CC(C)(C)OC(=O)N1CC2(C[C@H](O)CS2)C1. The maximum atomic E-state index is 11.7. The number of hydrogen-bond donors (Lipinski definition) is 1. The zero-order valence-corrected chi connectivity index (χ0v) is 10.8. The van der Waals surface area contributed by atoms with Crippen LogP contribution in [0.25, 0.3) is 0 Å². The second kappa shape index (κ2) is 3.81. The molecule has 2 fully saturated rings. The van der Waals surface area contributed by atoms with Crippen LogP contribution in [0, 0.1) is 0 Å². The van der Waals surface area contributed by atoms with Crippen molar-refractivity contribution in [1.82, 2.24) is 4.90 Å². The van der Waals surface area contributed by atoms with E-state index in [4.69, 9.17) is 4.74 Å². The molecule has 0 aromatic carbocycles. The van der Waals surface area contributed by atoms with Crippen LogP contribution in [0.5, 0.6) is 0 Å². The zero-order valence-electron chi connectivity index (χ0n) is 10.0. The van der Waals surface area contributed by atoms with Gasteiger partial charge < -0.3 is 14.7 Å². The summed E-state index contributed by atoms with van der Waals surface area (Å²) >= 11 is 1.78. The lowest BCUT2D eigenvalue weighted by Gasteiger charge is -2.47. The number of aliphatic hydroxyl groups is 1. The molecule has 0 bridgehead atoms. The summed E-state index contributed by atoms with van der Waals surface area (Å²) in [5.74, 6) is 0.794. The maximum Gasteiger partial charge on any atom is 0.410 e. The molecule has 0 aromatic heterocycles. The minimum atomic E-state index is -0.428. The number of thioether (sulfide) groups is 1. The minimum Gasteiger partial charge on any atom is -0.444 e. The minimum absolute atomic E-state index is 0.107. The van der Waals surface area contributed by atoms with Crippen LogP contribution in [0.15, 0.2) is 0 Å². The van der Waals surface area contributed by atoms with Crippen LogP contribution in [-0.4, -0.2) is 51.4 Å². The second-order valence-corrected chi connectivity index (χ2v) is 7.18. The summed E-state index contributed by atoms with van der Waals surface area (Å²) in [6.45, 7) is 7.03. The highest BCUT2D eigenvalue weighted by Crippen LogP contribution is 2.45. The fourth-order valence-corrected chi connectivity index (χ4v) is 3.61. The summed E-state index contributed by atoms with van der Waals surface area (Å²) in [6.07, 6.45) is 0.364. The summed E-state index contributed by atoms with van der Waals surface area (Å²) in [5.41, 5.74) is -0.428. The Hall–Kier alpha value is -0.420. The molecule has 2 aliphatic heterocycles. The van der Waals surface area contributed by atoms with E-state index in [-0.39, 0.29) is 16.9 Å². The number of aliphatic hydroxyl groups excluding tert-OH is 1. The van der Waals surface area contributed by atoms with Crippen LogP contribution in [0.1, 0.15) is 27.2 Å². The zero-order chi connectivity index (χ0) is 12.0. The van der Waals surface area contributed by atoms with Gasteiger partial charge in [0.25, 0.3) is 0 Å². The lowest BCUT2D eigenvalue weighted by Crippen LogP contribution is -2.61. The number of ether oxygens (including phenoxy) is 1. The van der Waals surface area contributed by atoms with E-state index < -0.39 is 5.60 Å². The van der Waals surface area contributed by atoms with Gasteiger partial charge in [-0.2, -0.15) is 0 Å².